The summed E-state index contributed by atoms with van der Waals surface area (Å²) in [6.07, 6.45) is 3.58. The maximum Gasteiger partial charge on any atom is 0.0745 e. The largest absolute Gasteiger partial charge is 0.0748 e. The van der Waals surface area contributed by atoms with Gasteiger partial charge in [0.05, 0.1) is 8.80 Å². The highest BCUT2D eigenvalue weighted by atomic mass is 28.3. The standard InChI is InChI=1S/C18H19Si/c1-19(2)18-13-15-10-6-7-11-16(15)17(18)12-14-8-4-3-5-9-14/h3-11,13,17H,12H2,1-2H3. The Hall–Kier alpha value is -1.60. The molecule has 1 unspecified atom stereocenters. The van der Waals surface area contributed by atoms with Crippen molar-refractivity contribution < 1.29 is 0 Å². The van der Waals surface area contributed by atoms with Crippen molar-refractivity contribution in [1.82, 2.24) is 0 Å². The van der Waals surface area contributed by atoms with Gasteiger partial charge in [0.25, 0.3) is 0 Å². The third-order valence-corrected chi connectivity index (χ3v) is 5.57. The molecule has 1 atom stereocenters. The van der Waals surface area contributed by atoms with Crippen LogP contribution in [0.5, 0.6) is 0 Å². The first-order chi connectivity index (χ1) is 9.25. The average molecular weight is 263 g/mol. The van der Waals surface area contributed by atoms with E-state index in [0.717, 1.165) is 6.42 Å². The van der Waals surface area contributed by atoms with Gasteiger partial charge in [-0.25, -0.2) is 0 Å². The zero-order valence-corrected chi connectivity index (χ0v) is 12.6. The lowest BCUT2D eigenvalue weighted by Gasteiger charge is -2.19. The molecule has 0 bridgehead atoms. The summed E-state index contributed by atoms with van der Waals surface area (Å²) >= 11 is 0. The van der Waals surface area contributed by atoms with E-state index >= 15 is 0 Å². The molecule has 3 rings (SSSR count). The molecule has 0 aromatic heterocycles. The molecule has 2 aromatic rings. The zero-order chi connectivity index (χ0) is 13.2. The summed E-state index contributed by atoms with van der Waals surface area (Å²) in [5, 5.41) is 1.68. The molecule has 0 spiro atoms. The van der Waals surface area contributed by atoms with Crippen LogP contribution in [0.1, 0.15) is 22.6 Å². The highest BCUT2D eigenvalue weighted by Crippen LogP contribution is 2.39. The van der Waals surface area contributed by atoms with E-state index in [1.54, 1.807) is 5.20 Å². The van der Waals surface area contributed by atoms with Crippen molar-refractivity contribution in [2.75, 3.05) is 0 Å². The number of fused-ring (bicyclic) bond motifs is 1. The molecule has 0 heterocycles. The quantitative estimate of drug-likeness (QED) is 0.704. The molecule has 1 aliphatic carbocycles. The Kier molecular flexibility index (Phi) is 3.39. The lowest BCUT2D eigenvalue weighted by Crippen LogP contribution is -2.13. The summed E-state index contributed by atoms with van der Waals surface area (Å²) in [6, 6.07) is 19.8. The molecule has 0 saturated heterocycles. The molecule has 0 nitrogen and oxygen atoms in total. The number of hydrogen-bond donors (Lipinski definition) is 0. The van der Waals surface area contributed by atoms with Crippen molar-refractivity contribution in [3.63, 3.8) is 0 Å². The van der Waals surface area contributed by atoms with Gasteiger partial charge in [-0.05, 0) is 23.1 Å². The Morgan fingerprint density at radius 1 is 0.895 bits per heavy atom. The van der Waals surface area contributed by atoms with Crippen LogP contribution in [0.25, 0.3) is 6.08 Å². The SMILES string of the molecule is C[Si](C)C1=Cc2ccccc2C1Cc1ccccc1. The topological polar surface area (TPSA) is 0 Å². The molecule has 19 heavy (non-hydrogen) atoms. The first-order valence-electron chi connectivity index (χ1n) is 6.90. The van der Waals surface area contributed by atoms with Gasteiger partial charge in [-0.15, -0.1) is 0 Å². The maximum absolute atomic E-state index is 2.44. The van der Waals surface area contributed by atoms with Gasteiger partial charge in [0, 0.05) is 5.92 Å². The second kappa shape index (κ2) is 5.18. The Balaban J connectivity index is 1.96. The fourth-order valence-corrected chi connectivity index (χ4v) is 4.36. The molecule has 1 aliphatic rings. The van der Waals surface area contributed by atoms with E-state index in [0.29, 0.717) is 5.92 Å². The first kappa shape index (κ1) is 12.4. The maximum atomic E-state index is 2.44. The minimum Gasteiger partial charge on any atom is -0.0748 e. The summed E-state index contributed by atoms with van der Waals surface area (Å²) in [7, 11) is -0.385. The van der Waals surface area contributed by atoms with Crippen molar-refractivity contribution in [1.29, 1.82) is 0 Å². The predicted molar refractivity (Wildman–Crippen MR) is 84.8 cm³/mol. The summed E-state index contributed by atoms with van der Waals surface area (Å²) in [4.78, 5) is 0. The average Bonchev–Trinajstić information content (AvgIpc) is 2.79. The Morgan fingerprint density at radius 2 is 1.58 bits per heavy atom. The van der Waals surface area contributed by atoms with Crippen LogP contribution in [0.3, 0.4) is 0 Å². The molecule has 0 N–H and O–H groups in total. The lowest BCUT2D eigenvalue weighted by molar-refractivity contribution is 0.833. The van der Waals surface area contributed by atoms with Gasteiger partial charge in [-0.2, -0.15) is 0 Å². The third-order valence-electron chi connectivity index (χ3n) is 3.92. The number of benzene rings is 2. The monoisotopic (exact) mass is 263 g/mol. The molecule has 1 heteroatoms. The van der Waals surface area contributed by atoms with Crippen LogP contribution in [0.15, 0.2) is 59.8 Å². The van der Waals surface area contributed by atoms with Gasteiger partial charge in [-0.3, -0.25) is 0 Å². The van der Waals surface area contributed by atoms with Crippen molar-refractivity contribution in [3.05, 3.63) is 76.5 Å². The second-order valence-corrected chi connectivity index (χ2v) is 8.05. The number of allylic oxidation sites excluding steroid dienone is 1. The fraction of sp³-hybridized carbons (Fsp3) is 0.222. The first-order valence-corrected chi connectivity index (χ1v) is 9.40. The van der Waals surface area contributed by atoms with E-state index in [9.17, 15) is 0 Å². The van der Waals surface area contributed by atoms with Crippen LogP contribution < -0.4 is 0 Å². The Bertz CT molecular complexity index is 596. The van der Waals surface area contributed by atoms with E-state index in [1.165, 1.54) is 16.7 Å². The normalized spacial score (nSPS) is 17.4. The summed E-state index contributed by atoms with van der Waals surface area (Å²) in [6.45, 7) is 4.81. The van der Waals surface area contributed by atoms with Crippen molar-refractivity contribution >= 4 is 14.9 Å². The molecule has 0 fully saturated rings. The number of hydrogen-bond acceptors (Lipinski definition) is 0. The van der Waals surface area contributed by atoms with Gasteiger partial charge in [-0.1, -0.05) is 79.0 Å². The van der Waals surface area contributed by atoms with Gasteiger partial charge < -0.3 is 0 Å². The lowest BCUT2D eigenvalue weighted by atomic mass is 9.93. The van der Waals surface area contributed by atoms with E-state index in [2.05, 4.69) is 73.8 Å². The predicted octanol–water partition coefficient (Wildman–Crippen LogP) is 4.70. The van der Waals surface area contributed by atoms with Crippen molar-refractivity contribution in [2.24, 2.45) is 0 Å². The smallest absolute Gasteiger partial charge is 0.0745 e. The van der Waals surface area contributed by atoms with Gasteiger partial charge in [0.2, 0.25) is 0 Å². The summed E-state index contributed by atoms with van der Waals surface area (Å²) in [5.41, 5.74) is 4.40. The molecule has 0 aliphatic heterocycles. The van der Waals surface area contributed by atoms with Crippen LogP contribution >= 0.6 is 0 Å². The molecular weight excluding hydrogens is 244 g/mol. The van der Waals surface area contributed by atoms with Crippen LogP contribution in [0, 0.1) is 0 Å². The summed E-state index contributed by atoms with van der Waals surface area (Å²) < 4.78 is 0. The number of rotatable bonds is 3. The van der Waals surface area contributed by atoms with Gasteiger partial charge >= 0.3 is 0 Å². The van der Waals surface area contributed by atoms with Crippen LogP contribution in [-0.4, -0.2) is 8.80 Å². The van der Waals surface area contributed by atoms with E-state index in [-0.39, 0.29) is 8.80 Å². The van der Waals surface area contributed by atoms with E-state index < -0.39 is 0 Å². The van der Waals surface area contributed by atoms with Crippen LogP contribution in [0.2, 0.25) is 13.1 Å². The molecular formula is C18H19Si. The molecule has 95 valence electrons. The summed E-state index contributed by atoms with van der Waals surface area (Å²) in [5.74, 6) is 0.600. The molecule has 2 aromatic carbocycles. The van der Waals surface area contributed by atoms with Crippen LogP contribution in [-0.2, 0) is 6.42 Å². The minimum atomic E-state index is -0.385. The van der Waals surface area contributed by atoms with Crippen LogP contribution in [0.4, 0.5) is 0 Å². The van der Waals surface area contributed by atoms with E-state index in [1.807, 2.05) is 0 Å². The zero-order valence-electron chi connectivity index (χ0n) is 11.6. The third kappa shape index (κ3) is 2.43. The molecule has 1 radical (unpaired) electrons. The van der Waals surface area contributed by atoms with Gasteiger partial charge in [0.15, 0.2) is 0 Å². The highest BCUT2D eigenvalue weighted by molar-refractivity contribution is 6.65. The molecule has 0 saturated carbocycles. The van der Waals surface area contributed by atoms with Crippen molar-refractivity contribution in [2.45, 2.75) is 25.4 Å². The van der Waals surface area contributed by atoms with Crippen molar-refractivity contribution in [3.8, 4) is 0 Å². The van der Waals surface area contributed by atoms with E-state index in [4.69, 9.17) is 0 Å². The highest BCUT2D eigenvalue weighted by Gasteiger charge is 2.26. The Morgan fingerprint density at radius 3 is 2.32 bits per heavy atom. The second-order valence-electron chi connectivity index (χ2n) is 5.47. The minimum absolute atomic E-state index is 0.385. The van der Waals surface area contributed by atoms with Gasteiger partial charge in [0.1, 0.15) is 0 Å². The Labute approximate surface area is 117 Å². The molecule has 0 amide bonds. The fourth-order valence-electron chi connectivity index (χ4n) is 2.96.